The molecule has 1 amide bonds. The van der Waals surface area contributed by atoms with Crippen LogP contribution in [-0.2, 0) is 4.74 Å². The van der Waals surface area contributed by atoms with E-state index < -0.39 is 0 Å². The van der Waals surface area contributed by atoms with Gasteiger partial charge in [0.15, 0.2) is 0 Å². The fraction of sp³-hybridized carbons (Fsp3) is 0.500. The number of rotatable bonds is 3. The minimum absolute atomic E-state index is 0.117. The van der Waals surface area contributed by atoms with Gasteiger partial charge >= 0.3 is 0 Å². The number of hydrogen-bond acceptors (Lipinski definition) is 5. The number of aliphatic hydroxyl groups is 1. The Kier molecular flexibility index (Phi) is 4.11. The molecule has 2 rings (SSSR count). The van der Waals surface area contributed by atoms with Crippen molar-refractivity contribution in [2.75, 3.05) is 33.5 Å². The first-order valence-electron chi connectivity index (χ1n) is 5.76. The third kappa shape index (κ3) is 2.44. The first-order valence-corrected chi connectivity index (χ1v) is 5.76. The molecule has 1 aromatic heterocycles. The Bertz CT molecular complexity index is 424. The fourth-order valence-electron chi connectivity index (χ4n) is 1.94. The summed E-state index contributed by atoms with van der Waals surface area (Å²) >= 11 is 0. The Balaban J connectivity index is 2.24. The van der Waals surface area contributed by atoms with Crippen molar-refractivity contribution in [3.63, 3.8) is 0 Å². The van der Waals surface area contributed by atoms with Crippen molar-refractivity contribution < 1.29 is 19.4 Å². The van der Waals surface area contributed by atoms with Gasteiger partial charge in [-0.1, -0.05) is 0 Å². The second-order valence-corrected chi connectivity index (χ2v) is 3.97. The molecular formula is C12H16N2O4. The molecule has 0 saturated carbocycles. The lowest BCUT2D eigenvalue weighted by Crippen LogP contribution is -2.50. The molecule has 1 fully saturated rings. The van der Waals surface area contributed by atoms with Gasteiger partial charge in [-0.05, 0) is 12.1 Å². The zero-order valence-electron chi connectivity index (χ0n) is 10.2. The van der Waals surface area contributed by atoms with Crippen LogP contribution in [0.25, 0.3) is 0 Å². The molecule has 0 bridgehead atoms. The Labute approximate surface area is 105 Å². The van der Waals surface area contributed by atoms with Crippen LogP contribution in [0.3, 0.4) is 0 Å². The summed E-state index contributed by atoms with van der Waals surface area (Å²) in [6, 6.07) is 3.04. The Morgan fingerprint density at radius 2 is 2.56 bits per heavy atom. The molecule has 1 aliphatic rings. The average Bonchev–Trinajstić information content (AvgIpc) is 2.46. The summed E-state index contributed by atoms with van der Waals surface area (Å²) in [7, 11) is 1.47. The molecule has 98 valence electrons. The van der Waals surface area contributed by atoms with Crippen molar-refractivity contribution in [2.45, 2.75) is 6.04 Å². The van der Waals surface area contributed by atoms with E-state index in [9.17, 15) is 9.90 Å². The zero-order valence-corrected chi connectivity index (χ0v) is 10.2. The second kappa shape index (κ2) is 5.79. The van der Waals surface area contributed by atoms with Gasteiger partial charge in [0.1, 0.15) is 5.56 Å². The summed E-state index contributed by atoms with van der Waals surface area (Å²) in [5.41, 5.74) is 0.403. The second-order valence-electron chi connectivity index (χ2n) is 3.97. The summed E-state index contributed by atoms with van der Waals surface area (Å²) < 4.78 is 10.3. The molecule has 0 radical (unpaired) electrons. The van der Waals surface area contributed by atoms with Gasteiger partial charge in [0.05, 0.1) is 33.0 Å². The van der Waals surface area contributed by atoms with Gasteiger partial charge in [-0.15, -0.1) is 0 Å². The highest BCUT2D eigenvalue weighted by Crippen LogP contribution is 2.19. The SMILES string of the molecule is COc1ncccc1C(=O)N1CCOCC1CO. The highest BCUT2D eigenvalue weighted by molar-refractivity contribution is 5.96. The van der Waals surface area contributed by atoms with Crippen molar-refractivity contribution >= 4 is 5.91 Å². The van der Waals surface area contributed by atoms with Crippen LogP contribution in [0.5, 0.6) is 5.88 Å². The van der Waals surface area contributed by atoms with Gasteiger partial charge in [-0.2, -0.15) is 0 Å². The van der Waals surface area contributed by atoms with Crippen molar-refractivity contribution in [1.29, 1.82) is 0 Å². The van der Waals surface area contributed by atoms with Crippen LogP contribution < -0.4 is 4.74 Å². The molecule has 0 aliphatic carbocycles. The van der Waals surface area contributed by atoms with E-state index in [1.54, 1.807) is 23.2 Å². The molecule has 0 spiro atoms. The summed E-state index contributed by atoms with van der Waals surface area (Å²) in [6.07, 6.45) is 1.57. The third-order valence-corrected chi connectivity index (χ3v) is 2.89. The van der Waals surface area contributed by atoms with Gasteiger partial charge in [0.2, 0.25) is 5.88 Å². The lowest BCUT2D eigenvalue weighted by molar-refractivity contribution is -0.0185. The van der Waals surface area contributed by atoms with Crippen LogP contribution in [0.15, 0.2) is 18.3 Å². The number of hydrogen-bond donors (Lipinski definition) is 1. The summed E-state index contributed by atoms with van der Waals surface area (Å²) in [4.78, 5) is 18.0. The highest BCUT2D eigenvalue weighted by Gasteiger charge is 2.29. The predicted molar refractivity (Wildman–Crippen MR) is 63.5 cm³/mol. The van der Waals surface area contributed by atoms with E-state index in [4.69, 9.17) is 9.47 Å². The molecule has 1 atom stereocenters. The number of carbonyl (C=O) groups is 1. The van der Waals surface area contributed by atoms with E-state index in [1.807, 2.05) is 0 Å². The first-order chi connectivity index (χ1) is 8.77. The number of aromatic nitrogens is 1. The molecule has 6 heteroatoms. The number of aliphatic hydroxyl groups excluding tert-OH is 1. The quantitative estimate of drug-likeness (QED) is 0.815. The molecule has 1 unspecified atom stereocenters. The topological polar surface area (TPSA) is 71.9 Å². The average molecular weight is 252 g/mol. The van der Waals surface area contributed by atoms with E-state index in [1.165, 1.54) is 7.11 Å². The third-order valence-electron chi connectivity index (χ3n) is 2.89. The molecule has 1 aromatic rings. The molecule has 1 N–H and O–H groups in total. The number of morpholine rings is 1. The maximum absolute atomic E-state index is 12.4. The summed E-state index contributed by atoms with van der Waals surface area (Å²) in [5.74, 6) is 0.105. The smallest absolute Gasteiger partial charge is 0.259 e. The number of ether oxygens (including phenoxy) is 2. The zero-order chi connectivity index (χ0) is 13.0. The van der Waals surface area contributed by atoms with E-state index >= 15 is 0 Å². The largest absolute Gasteiger partial charge is 0.480 e. The van der Waals surface area contributed by atoms with E-state index in [0.717, 1.165) is 0 Å². The van der Waals surface area contributed by atoms with E-state index in [2.05, 4.69) is 4.98 Å². The maximum atomic E-state index is 12.4. The highest BCUT2D eigenvalue weighted by atomic mass is 16.5. The van der Waals surface area contributed by atoms with Gasteiger partial charge in [-0.25, -0.2) is 4.98 Å². The summed E-state index contributed by atoms with van der Waals surface area (Å²) in [6.45, 7) is 1.17. The van der Waals surface area contributed by atoms with Gasteiger partial charge < -0.3 is 19.5 Å². The van der Waals surface area contributed by atoms with Gasteiger partial charge in [0.25, 0.3) is 5.91 Å². The van der Waals surface area contributed by atoms with Crippen molar-refractivity contribution in [3.8, 4) is 5.88 Å². The minimum Gasteiger partial charge on any atom is -0.480 e. The van der Waals surface area contributed by atoms with Crippen molar-refractivity contribution in [2.24, 2.45) is 0 Å². The molecular weight excluding hydrogens is 236 g/mol. The number of carbonyl (C=O) groups excluding carboxylic acids is 1. The number of methoxy groups -OCH3 is 1. The maximum Gasteiger partial charge on any atom is 0.259 e. The lowest BCUT2D eigenvalue weighted by Gasteiger charge is -2.34. The molecule has 6 nitrogen and oxygen atoms in total. The Morgan fingerprint density at radius 3 is 3.28 bits per heavy atom. The minimum atomic E-state index is -0.309. The molecule has 2 heterocycles. The van der Waals surface area contributed by atoms with Crippen LogP contribution in [0, 0.1) is 0 Å². The Hall–Kier alpha value is -1.66. The standard InChI is InChI=1S/C12H16N2O4/c1-17-11-10(3-2-4-13-11)12(16)14-5-6-18-8-9(14)7-15/h2-4,9,15H,5-8H2,1H3. The van der Waals surface area contributed by atoms with Crippen LogP contribution in [0.4, 0.5) is 0 Å². The van der Waals surface area contributed by atoms with Crippen LogP contribution in [0.2, 0.25) is 0 Å². The number of amides is 1. The normalized spacial score (nSPS) is 19.7. The van der Waals surface area contributed by atoms with Crippen LogP contribution >= 0.6 is 0 Å². The summed E-state index contributed by atoms with van der Waals surface area (Å²) in [5, 5.41) is 9.26. The molecule has 1 saturated heterocycles. The monoisotopic (exact) mass is 252 g/mol. The van der Waals surface area contributed by atoms with Gasteiger partial charge in [-0.3, -0.25) is 4.79 Å². The first kappa shape index (κ1) is 12.8. The predicted octanol–water partition coefficient (Wildman–Crippen LogP) is -0.0765. The van der Waals surface area contributed by atoms with Crippen molar-refractivity contribution in [1.82, 2.24) is 9.88 Å². The molecule has 1 aliphatic heterocycles. The van der Waals surface area contributed by atoms with Gasteiger partial charge in [0, 0.05) is 12.7 Å². The van der Waals surface area contributed by atoms with Crippen molar-refractivity contribution in [3.05, 3.63) is 23.9 Å². The number of pyridine rings is 1. The van der Waals surface area contributed by atoms with E-state index in [0.29, 0.717) is 31.2 Å². The Morgan fingerprint density at radius 1 is 1.72 bits per heavy atom. The van der Waals surface area contributed by atoms with E-state index in [-0.39, 0.29) is 18.6 Å². The molecule has 0 aromatic carbocycles. The fourth-order valence-corrected chi connectivity index (χ4v) is 1.94. The van der Waals surface area contributed by atoms with Crippen LogP contribution in [0.1, 0.15) is 10.4 Å². The lowest BCUT2D eigenvalue weighted by atomic mass is 10.1. The molecule has 18 heavy (non-hydrogen) atoms. The number of nitrogens with zero attached hydrogens (tertiary/aromatic N) is 2. The van der Waals surface area contributed by atoms with Crippen LogP contribution in [-0.4, -0.2) is 60.4 Å².